The SMILES string of the molecule is CC(C)N(CCCl)Cc1nc(C(C)(C)C)cs1. The van der Waals surface area contributed by atoms with E-state index in [2.05, 4.69) is 44.9 Å². The van der Waals surface area contributed by atoms with Crippen LogP contribution in [0.25, 0.3) is 0 Å². The average Bonchev–Trinajstić information content (AvgIpc) is 2.64. The van der Waals surface area contributed by atoms with Crippen LogP contribution in [0.3, 0.4) is 0 Å². The number of thiazole rings is 1. The topological polar surface area (TPSA) is 16.1 Å². The Labute approximate surface area is 114 Å². The number of aromatic nitrogens is 1. The van der Waals surface area contributed by atoms with Gasteiger partial charge >= 0.3 is 0 Å². The summed E-state index contributed by atoms with van der Waals surface area (Å²) in [5.74, 6) is 0.676. The first kappa shape index (κ1) is 14.9. The molecule has 0 aromatic carbocycles. The van der Waals surface area contributed by atoms with Crippen LogP contribution in [-0.4, -0.2) is 28.4 Å². The number of alkyl halides is 1. The lowest BCUT2D eigenvalue weighted by Crippen LogP contribution is -2.32. The van der Waals surface area contributed by atoms with Gasteiger partial charge in [0.1, 0.15) is 5.01 Å². The van der Waals surface area contributed by atoms with Crippen molar-refractivity contribution < 1.29 is 0 Å². The molecule has 17 heavy (non-hydrogen) atoms. The maximum Gasteiger partial charge on any atom is 0.107 e. The van der Waals surface area contributed by atoms with Crippen LogP contribution in [0.1, 0.15) is 45.3 Å². The van der Waals surface area contributed by atoms with Crippen molar-refractivity contribution in [2.45, 2.75) is 52.6 Å². The van der Waals surface area contributed by atoms with Gasteiger partial charge in [-0.1, -0.05) is 20.8 Å². The summed E-state index contributed by atoms with van der Waals surface area (Å²) in [4.78, 5) is 7.08. The van der Waals surface area contributed by atoms with Gasteiger partial charge in [0.15, 0.2) is 0 Å². The zero-order valence-corrected chi connectivity index (χ0v) is 13.0. The van der Waals surface area contributed by atoms with Crippen molar-refractivity contribution in [3.63, 3.8) is 0 Å². The molecule has 0 spiro atoms. The van der Waals surface area contributed by atoms with Gasteiger partial charge in [0.2, 0.25) is 0 Å². The number of nitrogens with zero attached hydrogens (tertiary/aromatic N) is 2. The molecule has 4 heteroatoms. The molecule has 0 aliphatic rings. The summed E-state index contributed by atoms with van der Waals surface area (Å²) in [5, 5.41) is 3.36. The highest BCUT2D eigenvalue weighted by Gasteiger charge is 2.18. The molecule has 1 aromatic rings. The lowest BCUT2D eigenvalue weighted by atomic mass is 9.93. The molecular formula is C13H23ClN2S. The summed E-state index contributed by atoms with van der Waals surface area (Å²) < 4.78 is 0. The highest BCUT2D eigenvalue weighted by Crippen LogP contribution is 2.24. The van der Waals surface area contributed by atoms with Crippen molar-refractivity contribution in [3.05, 3.63) is 16.1 Å². The van der Waals surface area contributed by atoms with Gasteiger partial charge in [-0.2, -0.15) is 0 Å². The predicted molar refractivity (Wildman–Crippen MR) is 77.1 cm³/mol. The zero-order valence-electron chi connectivity index (χ0n) is 11.5. The van der Waals surface area contributed by atoms with Crippen molar-refractivity contribution in [2.24, 2.45) is 0 Å². The third-order valence-electron chi connectivity index (χ3n) is 2.76. The smallest absolute Gasteiger partial charge is 0.107 e. The molecule has 1 heterocycles. The van der Waals surface area contributed by atoms with Crippen LogP contribution < -0.4 is 0 Å². The average molecular weight is 275 g/mol. The van der Waals surface area contributed by atoms with Crippen molar-refractivity contribution in [1.29, 1.82) is 0 Å². The van der Waals surface area contributed by atoms with Crippen LogP contribution >= 0.6 is 22.9 Å². The standard InChI is InChI=1S/C13H23ClN2S/c1-10(2)16(7-6-14)8-12-15-11(9-17-12)13(3,4)5/h9-10H,6-8H2,1-5H3. The molecule has 0 N–H and O–H groups in total. The van der Waals surface area contributed by atoms with Crippen molar-refractivity contribution >= 4 is 22.9 Å². The normalized spacial score (nSPS) is 12.7. The van der Waals surface area contributed by atoms with Crippen molar-refractivity contribution in [1.82, 2.24) is 9.88 Å². The molecule has 0 saturated carbocycles. The third kappa shape index (κ3) is 4.57. The second-order valence-corrected chi connectivity index (χ2v) is 6.95. The minimum absolute atomic E-state index is 0.143. The molecule has 0 saturated heterocycles. The molecule has 0 fully saturated rings. The molecule has 2 nitrogen and oxygen atoms in total. The lowest BCUT2D eigenvalue weighted by Gasteiger charge is -2.24. The van der Waals surface area contributed by atoms with E-state index in [1.165, 1.54) is 10.7 Å². The van der Waals surface area contributed by atoms with Gasteiger partial charge in [-0.25, -0.2) is 4.98 Å². The van der Waals surface area contributed by atoms with Crippen LogP contribution in [0.15, 0.2) is 5.38 Å². The maximum absolute atomic E-state index is 5.83. The number of hydrogen-bond acceptors (Lipinski definition) is 3. The van der Waals surface area contributed by atoms with E-state index in [0.29, 0.717) is 11.9 Å². The minimum Gasteiger partial charge on any atom is -0.293 e. The minimum atomic E-state index is 0.143. The second-order valence-electron chi connectivity index (χ2n) is 5.63. The van der Waals surface area contributed by atoms with E-state index in [4.69, 9.17) is 16.6 Å². The zero-order chi connectivity index (χ0) is 13.1. The third-order valence-corrected chi connectivity index (χ3v) is 3.76. The van der Waals surface area contributed by atoms with Gasteiger partial charge in [-0.3, -0.25) is 4.90 Å². The molecular weight excluding hydrogens is 252 g/mol. The molecule has 98 valence electrons. The first-order chi connectivity index (χ1) is 7.84. The summed E-state index contributed by atoms with van der Waals surface area (Å²) in [6.07, 6.45) is 0. The first-order valence-corrected chi connectivity index (χ1v) is 7.51. The molecule has 0 radical (unpaired) electrons. The molecule has 0 aliphatic carbocycles. The summed E-state index contributed by atoms with van der Waals surface area (Å²) >= 11 is 7.58. The number of hydrogen-bond donors (Lipinski definition) is 0. The molecule has 0 unspecified atom stereocenters. The maximum atomic E-state index is 5.83. The Hall–Kier alpha value is -0.120. The van der Waals surface area contributed by atoms with E-state index < -0.39 is 0 Å². The van der Waals surface area contributed by atoms with Gasteiger partial charge in [0.25, 0.3) is 0 Å². The monoisotopic (exact) mass is 274 g/mol. The molecule has 0 aliphatic heterocycles. The van der Waals surface area contributed by atoms with Gasteiger partial charge in [-0.15, -0.1) is 22.9 Å². The largest absolute Gasteiger partial charge is 0.293 e. The Balaban J connectivity index is 2.70. The Morgan fingerprint density at radius 2 is 2.06 bits per heavy atom. The predicted octanol–water partition coefficient (Wildman–Crippen LogP) is 3.89. The van der Waals surface area contributed by atoms with Gasteiger partial charge in [0, 0.05) is 29.3 Å². The van der Waals surface area contributed by atoms with Crippen molar-refractivity contribution in [2.75, 3.05) is 12.4 Å². The summed E-state index contributed by atoms with van der Waals surface area (Å²) in [6, 6.07) is 0.510. The molecule has 0 amide bonds. The molecule has 1 aromatic heterocycles. The van der Waals surface area contributed by atoms with E-state index in [-0.39, 0.29) is 5.41 Å². The summed E-state index contributed by atoms with van der Waals surface area (Å²) in [5.41, 5.74) is 1.33. The van der Waals surface area contributed by atoms with Gasteiger partial charge in [-0.05, 0) is 13.8 Å². The van der Waals surface area contributed by atoms with E-state index in [9.17, 15) is 0 Å². The number of halogens is 1. The van der Waals surface area contributed by atoms with E-state index in [1.807, 2.05) is 0 Å². The molecule has 0 bridgehead atoms. The first-order valence-electron chi connectivity index (χ1n) is 6.09. The van der Waals surface area contributed by atoms with Crippen LogP contribution in [0.2, 0.25) is 0 Å². The Bertz CT molecular complexity index is 341. The second kappa shape index (κ2) is 6.17. The van der Waals surface area contributed by atoms with Gasteiger partial charge < -0.3 is 0 Å². The summed E-state index contributed by atoms with van der Waals surface area (Å²) in [7, 11) is 0. The van der Waals surface area contributed by atoms with E-state index in [1.54, 1.807) is 11.3 Å². The Kier molecular flexibility index (Phi) is 5.42. The molecule has 0 atom stereocenters. The quantitative estimate of drug-likeness (QED) is 0.758. The van der Waals surface area contributed by atoms with Crippen LogP contribution in [0, 0.1) is 0 Å². The van der Waals surface area contributed by atoms with Crippen LogP contribution in [0.5, 0.6) is 0 Å². The fourth-order valence-corrected chi connectivity index (χ4v) is 2.79. The van der Waals surface area contributed by atoms with E-state index >= 15 is 0 Å². The van der Waals surface area contributed by atoms with E-state index in [0.717, 1.165) is 13.1 Å². The molecule has 1 rings (SSSR count). The fourth-order valence-electron chi connectivity index (χ4n) is 1.53. The fraction of sp³-hybridized carbons (Fsp3) is 0.769. The highest BCUT2D eigenvalue weighted by atomic mass is 35.5. The lowest BCUT2D eigenvalue weighted by molar-refractivity contribution is 0.226. The van der Waals surface area contributed by atoms with Crippen LogP contribution in [0.4, 0.5) is 0 Å². The number of rotatable bonds is 5. The van der Waals surface area contributed by atoms with Gasteiger partial charge in [0.05, 0.1) is 12.2 Å². The Morgan fingerprint density at radius 1 is 1.41 bits per heavy atom. The summed E-state index contributed by atoms with van der Waals surface area (Å²) in [6.45, 7) is 12.8. The van der Waals surface area contributed by atoms with Crippen LogP contribution in [-0.2, 0) is 12.0 Å². The van der Waals surface area contributed by atoms with Crippen molar-refractivity contribution in [3.8, 4) is 0 Å². The Morgan fingerprint density at radius 3 is 2.47 bits per heavy atom. The highest BCUT2D eigenvalue weighted by molar-refractivity contribution is 7.09.